The van der Waals surface area contributed by atoms with Gasteiger partial charge in [0.25, 0.3) is 0 Å². The predicted octanol–water partition coefficient (Wildman–Crippen LogP) is 1.73. The molecule has 0 aliphatic carbocycles. The monoisotopic (exact) mass is 237 g/mol. The minimum absolute atomic E-state index is 0.173. The zero-order valence-electron chi connectivity index (χ0n) is 10.3. The number of rotatable bonds is 4. The molecule has 1 heterocycles. The smallest absolute Gasteiger partial charge is 0.123 e. The largest absolute Gasteiger partial charge is 0.313 e. The molecule has 0 saturated carbocycles. The molecular formula is C13H20FN3. The number of hydrazine groups is 1. The van der Waals surface area contributed by atoms with Crippen molar-refractivity contribution in [3.63, 3.8) is 0 Å². The van der Waals surface area contributed by atoms with E-state index in [1.165, 1.54) is 6.07 Å². The van der Waals surface area contributed by atoms with E-state index in [2.05, 4.69) is 30.0 Å². The van der Waals surface area contributed by atoms with Crippen LogP contribution in [0.3, 0.4) is 0 Å². The molecule has 0 amide bonds. The Morgan fingerprint density at radius 3 is 2.94 bits per heavy atom. The quantitative estimate of drug-likeness (QED) is 0.746. The van der Waals surface area contributed by atoms with E-state index >= 15 is 0 Å². The Bertz CT molecular complexity index is 367. The van der Waals surface area contributed by atoms with Crippen molar-refractivity contribution >= 4 is 0 Å². The lowest BCUT2D eigenvalue weighted by Crippen LogP contribution is -2.40. The summed E-state index contributed by atoms with van der Waals surface area (Å²) in [7, 11) is 0. The van der Waals surface area contributed by atoms with E-state index in [4.69, 9.17) is 0 Å². The normalized spacial score (nSPS) is 24.5. The standard InChI is InChI=1S/C13H20FN3/c1-9(2)15-8-12-7-13(17-16-12)10-4-3-5-11(14)6-10/h3-6,9,12-13,15-17H,7-8H2,1-2H3. The Morgan fingerprint density at radius 2 is 2.24 bits per heavy atom. The Labute approximate surface area is 102 Å². The summed E-state index contributed by atoms with van der Waals surface area (Å²) in [5, 5.41) is 3.39. The molecule has 1 fully saturated rings. The third-order valence-electron chi connectivity index (χ3n) is 3.01. The molecule has 1 aliphatic rings. The zero-order chi connectivity index (χ0) is 12.3. The number of nitrogens with one attached hydrogen (secondary N) is 3. The van der Waals surface area contributed by atoms with Gasteiger partial charge in [-0.15, -0.1) is 0 Å². The first-order valence-electron chi connectivity index (χ1n) is 6.15. The molecule has 2 rings (SSSR count). The van der Waals surface area contributed by atoms with Crippen LogP contribution < -0.4 is 16.2 Å². The van der Waals surface area contributed by atoms with Crippen LogP contribution in [0.15, 0.2) is 24.3 Å². The van der Waals surface area contributed by atoms with Gasteiger partial charge in [-0.3, -0.25) is 5.43 Å². The number of hydrogen-bond acceptors (Lipinski definition) is 3. The van der Waals surface area contributed by atoms with Gasteiger partial charge in [0.15, 0.2) is 0 Å². The number of benzene rings is 1. The molecule has 4 heteroatoms. The van der Waals surface area contributed by atoms with Crippen LogP contribution in [0.5, 0.6) is 0 Å². The van der Waals surface area contributed by atoms with Crippen molar-refractivity contribution in [2.24, 2.45) is 0 Å². The van der Waals surface area contributed by atoms with Crippen LogP contribution in [-0.4, -0.2) is 18.6 Å². The van der Waals surface area contributed by atoms with Crippen molar-refractivity contribution in [2.45, 2.75) is 38.4 Å². The van der Waals surface area contributed by atoms with E-state index in [1.807, 2.05) is 6.07 Å². The third kappa shape index (κ3) is 3.49. The second kappa shape index (κ2) is 5.58. The lowest BCUT2D eigenvalue weighted by atomic mass is 10.0. The van der Waals surface area contributed by atoms with E-state index in [-0.39, 0.29) is 11.9 Å². The topological polar surface area (TPSA) is 36.1 Å². The molecule has 3 N–H and O–H groups in total. The maximum atomic E-state index is 13.1. The molecule has 2 atom stereocenters. The molecule has 94 valence electrons. The summed E-state index contributed by atoms with van der Waals surface area (Å²) >= 11 is 0. The first kappa shape index (κ1) is 12.5. The molecule has 0 spiro atoms. The van der Waals surface area contributed by atoms with E-state index in [0.29, 0.717) is 12.1 Å². The first-order valence-corrected chi connectivity index (χ1v) is 6.15. The highest BCUT2D eigenvalue weighted by Crippen LogP contribution is 2.22. The fraction of sp³-hybridized carbons (Fsp3) is 0.538. The lowest BCUT2D eigenvalue weighted by molar-refractivity contribution is 0.478. The second-order valence-corrected chi connectivity index (χ2v) is 4.89. The van der Waals surface area contributed by atoms with Crippen molar-refractivity contribution in [3.05, 3.63) is 35.6 Å². The minimum atomic E-state index is -0.173. The van der Waals surface area contributed by atoms with Crippen LogP contribution in [0.25, 0.3) is 0 Å². The highest BCUT2D eigenvalue weighted by atomic mass is 19.1. The molecule has 17 heavy (non-hydrogen) atoms. The Kier molecular flexibility index (Phi) is 4.10. The van der Waals surface area contributed by atoms with Gasteiger partial charge in [-0.1, -0.05) is 26.0 Å². The maximum absolute atomic E-state index is 13.1. The van der Waals surface area contributed by atoms with E-state index in [0.717, 1.165) is 18.5 Å². The van der Waals surface area contributed by atoms with Gasteiger partial charge in [0.1, 0.15) is 5.82 Å². The van der Waals surface area contributed by atoms with Gasteiger partial charge < -0.3 is 5.32 Å². The Balaban J connectivity index is 1.89. The molecule has 1 aromatic carbocycles. The third-order valence-corrected chi connectivity index (χ3v) is 3.01. The first-order chi connectivity index (χ1) is 8.15. The van der Waals surface area contributed by atoms with Crippen LogP contribution in [0.2, 0.25) is 0 Å². The predicted molar refractivity (Wildman–Crippen MR) is 67.0 cm³/mol. The number of hydrogen-bond donors (Lipinski definition) is 3. The summed E-state index contributed by atoms with van der Waals surface area (Å²) in [6, 6.07) is 7.87. The van der Waals surface area contributed by atoms with Crippen molar-refractivity contribution in [1.82, 2.24) is 16.2 Å². The summed E-state index contributed by atoms with van der Waals surface area (Å²) in [5.41, 5.74) is 7.47. The van der Waals surface area contributed by atoms with Crippen LogP contribution in [0.4, 0.5) is 4.39 Å². The zero-order valence-corrected chi connectivity index (χ0v) is 10.3. The van der Waals surface area contributed by atoms with Gasteiger partial charge in [0.2, 0.25) is 0 Å². The highest BCUT2D eigenvalue weighted by molar-refractivity contribution is 5.21. The molecule has 1 saturated heterocycles. The molecular weight excluding hydrogens is 217 g/mol. The SMILES string of the molecule is CC(C)NCC1CC(c2cccc(F)c2)NN1. The summed E-state index contributed by atoms with van der Waals surface area (Å²) in [4.78, 5) is 0. The van der Waals surface area contributed by atoms with Gasteiger partial charge >= 0.3 is 0 Å². The van der Waals surface area contributed by atoms with Crippen molar-refractivity contribution in [3.8, 4) is 0 Å². The van der Waals surface area contributed by atoms with Gasteiger partial charge in [-0.25, -0.2) is 9.82 Å². The summed E-state index contributed by atoms with van der Waals surface area (Å²) in [6.07, 6.45) is 0.975. The molecule has 1 aliphatic heterocycles. The van der Waals surface area contributed by atoms with E-state index < -0.39 is 0 Å². The van der Waals surface area contributed by atoms with Gasteiger partial charge in [0, 0.05) is 24.7 Å². The van der Waals surface area contributed by atoms with Crippen LogP contribution >= 0.6 is 0 Å². The van der Waals surface area contributed by atoms with Crippen LogP contribution in [-0.2, 0) is 0 Å². The Hall–Kier alpha value is -0.970. The minimum Gasteiger partial charge on any atom is -0.313 e. The van der Waals surface area contributed by atoms with Crippen LogP contribution in [0.1, 0.15) is 31.9 Å². The molecule has 2 unspecified atom stereocenters. The summed E-state index contributed by atoms with van der Waals surface area (Å²) < 4.78 is 13.1. The molecule has 0 radical (unpaired) electrons. The fourth-order valence-electron chi connectivity index (χ4n) is 2.08. The highest BCUT2D eigenvalue weighted by Gasteiger charge is 2.24. The average molecular weight is 237 g/mol. The van der Waals surface area contributed by atoms with E-state index in [1.54, 1.807) is 12.1 Å². The second-order valence-electron chi connectivity index (χ2n) is 4.89. The molecule has 3 nitrogen and oxygen atoms in total. The summed E-state index contributed by atoms with van der Waals surface area (Å²) in [6.45, 7) is 5.19. The lowest BCUT2D eigenvalue weighted by Gasteiger charge is -2.13. The maximum Gasteiger partial charge on any atom is 0.123 e. The molecule has 0 bridgehead atoms. The van der Waals surface area contributed by atoms with Gasteiger partial charge in [-0.2, -0.15) is 0 Å². The number of halogens is 1. The van der Waals surface area contributed by atoms with Gasteiger partial charge in [-0.05, 0) is 24.1 Å². The van der Waals surface area contributed by atoms with Crippen molar-refractivity contribution in [1.29, 1.82) is 0 Å². The van der Waals surface area contributed by atoms with E-state index in [9.17, 15) is 4.39 Å². The Morgan fingerprint density at radius 1 is 1.41 bits per heavy atom. The van der Waals surface area contributed by atoms with Crippen molar-refractivity contribution in [2.75, 3.05) is 6.54 Å². The molecule has 0 aromatic heterocycles. The van der Waals surface area contributed by atoms with Crippen molar-refractivity contribution < 1.29 is 4.39 Å². The molecule has 1 aromatic rings. The summed E-state index contributed by atoms with van der Waals surface area (Å²) in [5.74, 6) is -0.173. The van der Waals surface area contributed by atoms with Gasteiger partial charge in [0.05, 0.1) is 0 Å². The average Bonchev–Trinajstić information content (AvgIpc) is 2.75. The van der Waals surface area contributed by atoms with Crippen LogP contribution in [0, 0.1) is 5.82 Å². The fourth-order valence-corrected chi connectivity index (χ4v) is 2.08.